The van der Waals surface area contributed by atoms with Crippen molar-refractivity contribution in [3.63, 3.8) is 0 Å². The summed E-state index contributed by atoms with van der Waals surface area (Å²) in [7, 11) is 0. The third-order valence-corrected chi connectivity index (χ3v) is 17.9. The topological polar surface area (TPSA) is 211 Å². The first-order valence-corrected chi connectivity index (χ1v) is 33.2. The Labute approximate surface area is 515 Å². The van der Waals surface area contributed by atoms with Crippen molar-refractivity contribution in [3.8, 4) is 22.5 Å². The maximum Gasteiger partial charge on any atom is 0.304 e. The summed E-state index contributed by atoms with van der Waals surface area (Å²) in [6.07, 6.45) is 22.6. The summed E-state index contributed by atoms with van der Waals surface area (Å²) >= 11 is 3.04. The molecule has 4 aromatic carbocycles. The van der Waals surface area contributed by atoms with E-state index in [0.717, 1.165) is 137 Å². The summed E-state index contributed by atoms with van der Waals surface area (Å²) in [5, 5.41) is 27.4. The number of nitrogens with one attached hydrogen (secondary N) is 3. The minimum atomic E-state index is -0.828. The van der Waals surface area contributed by atoms with Crippen molar-refractivity contribution in [2.75, 3.05) is 64.7 Å². The highest BCUT2D eigenvalue weighted by Gasteiger charge is 2.21. The lowest BCUT2D eigenvalue weighted by Gasteiger charge is -2.29. The highest BCUT2D eigenvalue weighted by atomic mass is 32.2. The highest BCUT2D eigenvalue weighted by Crippen LogP contribution is 2.36. The first kappa shape index (κ1) is 64.5. The molecule has 2 fully saturated rings. The molecular formula is C69H83N7O8S2. The zero-order chi connectivity index (χ0) is 60.3. The first-order chi connectivity index (χ1) is 42.0. The van der Waals surface area contributed by atoms with Crippen LogP contribution in [0.3, 0.4) is 0 Å². The molecule has 86 heavy (non-hydrogen) atoms. The molecule has 4 heterocycles. The number of thioether (sulfide) groups is 2. The number of piperidine rings is 2. The SMILES string of the molecule is O=C(O)CCSCc1cccc(C(=O)Nc2ccc(N3CCCCC3)cc2-c2cc(C(=O)CCCCCCCCCCCCCNC(=O)c3ccnc(-c4cc(N5CCCCC5)ccc4NC(=O)c4cccc(CSCCC(=O)O)c4)c3)ccn2)c1. The molecule has 8 rings (SSSR count). The van der Waals surface area contributed by atoms with Gasteiger partial charge in [-0.25, -0.2) is 0 Å². The van der Waals surface area contributed by atoms with E-state index in [2.05, 4.69) is 37.9 Å². The Morgan fingerprint density at radius 1 is 0.442 bits per heavy atom. The number of pyridine rings is 2. The van der Waals surface area contributed by atoms with Gasteiger partial charge in [0, 0.05) is 119 Å². The lowest BCUT2D eigenvalue weighted by Crippen LogP contribution is -2.29. The van der Waals surface area contributed by atoms with Gasteiger partial charge in [-0.1, -0.05) is 82.1 Å². The predicted octanol–water partition coefficient (Wildman–Crippen LogP) is 15.0. The minimum Gasteiger partial charge on any atom is -0.481 e. The maximum absolute atomic E-state index is 13.7. The number of amides is 3. The van der Waals surface area contributed by atoms with Gasteiger partial charge in [0.1, 0.15) is 0 Å². The number of Topliss-reactive ketones (excluding diaryl/α,β-unsaturated/α-hetero) is 1. The molecule has 0 aliphatic carbocycles. The number of anilines is 4. The molecule has 2 aliphatic heterocycles. The molecule has 3 amide bonds. The third kappa shape index (κ3) is 20.6. The van der Waals surface area contributed by atoms with E-state index in [1.165, 1.54) is 55.6 Å². The van der Waals surface area contributed by atoms with E-state index in [4.69, 9.17) is 20.2 Å². The number of hydrogen-bond acceptors (Lipinski definition) is 12. The van der Waals surface area contributed by atoms with Crippen LogP contribution in [0.5, 0.6) is 0 Å². The van der Waals surface area contributed by atoms with E-state index in [-0.39, 0.29) is 36.3 Å². The fourth-order valence-corrected chi connectivity index (χ4v) is 12.8. The van der Waals surface area contributed by atoms with Crippen LogP contribution < -0.4 is 25.8 Å². The number of carbonyl (C=O) groups is 6. The second-order valence-corrected chi connectivity index (χ2v) is 24.6. The Morgan fingerprint density at radius 2 is 0.872 bits per heavy atom. The van der Waals surface area contributed by atoms with Crippen LogP contribution in [0.1, 0.15) is 181 Å². The minimum absolute atomic E-state index is 0.0853. The maximum atomic E-state index is 13.7. The predicted molar refractivity (Wildman–Crippen MR) is 349 cm³/mol. The number of unbranched alkanes of at least 4 members (excludes halogenated alkanes) is 10. The van der Waals surface area contributed by atoms with Crippen LogP contribution in [0.2, 0.25) is 0 Å². The van der Waals surface area contributed by atoms with Gasteiger partial charge in [0.15, 0.2) is 5.78 Å². The number of aliphatic carboxylic acids is 2. The van der Waals surface area contributed by atoms with Crippen LogP contribution in [0, 0.1) is 0 Å². The lowest BCUT2D eigenvalue weighted by molar-refractivity contribution is -0.137. The van der Waals surface area contributed by atoms with Gasteiger partial charge < -0.3 is 36.0 Å². The van der Waals surface area contributed by atoms with Gasteiger partial charge in [-0.3, -0.25) is 38.7 Å². The molecule has 2 aliphatic rings. The molecule has 5 N–H and O–H groups in total. The van der Waals surface area contributed by atoms with Crippen LogP contribution in [-0.4, -0.2) is 99.9 Å². The van der Waals surface area contributed by atoms with Crippen molar-refractivity contribution >= 4 is 81.7 Å². The zero-order valence-electron chi connectivity index (χ0n) is 49.5. The Kier molecular flexibility index (Phi) is 25.9. The largest absolute Gasteiger partial charge is 0.481 e. The number of rotatable bonds is 34. The number of aromatic nitrogens is 2. The van der Waals surface area contributed by atoms with Gasteiger partial charge in [-0.05, 0) is 147 Å². The fourth-order valence-electron chi connectivity index (χ4n) is 11.0. The van der Waals surface area contributed by atoms with Crippen LogP contribution in [0.15, 0.2) is 122 Å². The van der Waals surface area contributed by atoms with Crippen molar-refractivity contribution in [2.24, 2.45) is 0 Å². The summed E-state index contributed by atoms with van der Waals surface area (Å²) in [5.74, 6) is -0.0552. The normalized spacial score (nSPS) is 13.3. The zero-order valence-corrected chi connectivity index (χ0v) is 51.1. The number of carboxylic acids is 2. The Bertz CT molecular complexity index is 3020. The van der Waals surface area contributed by atoms with E-state index in [1.807, 2.05) is 66.7 Å². The molecule has 454 valence electrons. The molecule has 0 unspecified atom stereocenters. The van der Waals surface area contributed by atoms with Gasteiger partial charge in [-0.15, -0.1) is 0 Å². The van der Waals surface area contributed by atoms with Crippen LogP contribution >= 0.6 is 23.5 Å². The second kappa shape index (κ2) is 34.6. The van der Waals surface area contributed by atoms with Crippen molar-refractivity contribution in [3.05, 3.63) is 155 Å². The molecule has 2 aromatic heterocycles. The van der Waals surface area contributed by atoms with E-state index >= 15 is 0 Å². The molecule has 6 aromatic rings. The second-order valence-electron chi connectivity index (χ2n) is 22.4. The molecule has 0 atom stereocenters. The monoisotopic (exact) mass is 1200 g/mol. The summed E-state index contributed by atoms with van der Waals surface area (Å²) < 4.78 is 0. The Hall–Kier alpha value is -7.50. The van der Waals surface area contributed by atoms with Gasteiger partial charge in [0.05, 0.1) is 35.6 Å². The van der Waals surface area contributed by atoms with Crippen molar-refractivity contribution in [2.45, 2.75) is 140 Å². The quantitative estimate of drug-likeness (QED) is 0.0188. The third-order valence-electron chi connectivity index (χ3n) is 15.8. The molecule has 15 nitrogen and oxygen atoms in total. The smallest absolute Gasteiger partial charge is 0.304 e. The first-order valence-electron chi connectivity index (χ1n) is 30.9. The van der Waals surface area contributed by atoms with E-state index in [0.29, 0.717) is 81.0 Å². The molecule has 0 saturated carbocycles. The standard InChI is InChI=1S/C69H83N7O8S2/c77-64(52-29-34-70-62(44-52)58-46-56(75-36-14-10-15-37-75)25-27-60(58)73-68(83)53-22-18-20-50(42-53)48-85-40-31-65(78)79)24-12-8-6-4-2-1-3-5-7-9-13-33-72-67(82)55-30-35-71-63(45-55)59-47-57(76-38-16-11-17-39-76)26-28-61(59)74-69(84)54-23-19-21-51(43-54)49-86-41-32-66(80)81/h18-23,25-30,34-35,42-47H,1-17,24,31-33,36-41,48-49H2,(H,72,82)(H,73,83)(H,74,84)(H,78,79)(H,80,81). The van der Waals surface area contributed by atoms with Gasteiger partial charge in [-0.2, -0.15) is 23.5 Å². The molecule has 0 spiro atoms. The number of nitrogens with zero attached hydrogens (tertiary/aromatic N) is 4. The van der Waals surface area contributed by atoms with Crippen molar-refractivity contribution < 1.29 is 39.0 Å². The number of hydrogen-bond donors (Lipinski definition) is 5. The van der Waals surface area contributed by atoms with E-state index in [1.54, 1.807) is 42.7 Å². The summed E-state index contributed by atoms with van der Waals surface area (Å²) in [6, 6.07) is 34.0. The van der Waals surface area contributed by atoms with E-state index < -0.39 is 11.9 Å². The van der Waals surface area contributed by atoms with Crippen LogP contribution in [-0.2, 0) is 21.1 Å². The number of ketones is 1. The molecular weight excluding hydrogens is 1120 g/mol. The van der Waals surface area contributed by atoms with E-state index in [9.17, 15) is 28.8 Å². The number of carbonyl (C=O) groups excluding carboxylic acids is 4. The molecule has 0 radical (unpaired) electrons. The van der Waals surface area contributed by atoms with Crippen molar-refractivity contribution in [1.29, 1.82) is 0 Å². The van der Waals surface area contributed by atoms with Crippen LogP contribution in [0.4, 0.5) is 22.7 Å². The van der Waals surface area contributed by atoms with Crippen molar-refractivity contribution in [1.82, 2.24) is 15.3 Å². The average molecular weight is 1200 g/mol. The summed E-state index contributed by atoms with van der Waals surface area (Å²) in [6.45, 7) is 4.41. The highest BCUT2D eigenvalue weighted by molar-refractivity contribution is 7.98. The molecule has 17 heteroatoms. The summed E-state index contributed by atoms with van der Waals surface area (Å²) in [5.41, 5.74) is 10.0. The van der Waals surface area contributed by atoms with Gasteiger partial charge >= 0.3 is 11.9 Å². The van der Waals surface area contributed by atoms with Gasteiger partial charge in [0.2, 0.25) is 0 Å². The fraction of sp³-hybridized carbons (Fsp3) is 0.420. The molecule has 2 saturated heterocycles. The average Bonchev–Trinajstić information content (AvgIpc) is 3.33. The Balaban J connectivity index is 0.737. The number of benzene rings is 4. The molecule has 0 bridgehead atoms. The van der Waals surface area contributed by atoms with Gasteiger partial charge in [0.25, 0.3) is 17.7 Å². The Morgan fingerprint density at radius 3 is 1.35 bits per heavy atom. The lowest BCUT2D eigenvalue weighted by atomic mass is 10.00. The number of carboxylic acid groups (broad SMARTS) is 2. The van der Waals surface area contributed by atoms with Crippen LogP contribution in [0.25, 0.3) is 22.5 Å². The summed E-state index contributed by atoms with van der Waals surface area (Å²) in [4.78, 5) is 90.6.